The second-order valence-electron chi connectivity index (χ2n) is 4.07. The number of terminal acetylenes is 1. The molecule has 0 aromatic heterocycles. The van der Waals surface area contributed by atoms with Crippen molar-refractivity contribution in [2.24, 2.45) is 11.7 Å². The Labute approximate surface area is 95.2 Å². The van der Waals surface area contributed by atoms with Crippen LogP contribution in [0.2, 0.25) is 0 Å². The van der Waals surface area contributed by atoms with Crippen LogP contribution >= 0.6 is 0 Å². The Morgan fingerprint density at radius 2 is 2.07 bits per heavy atom. The van der Waals surface area contributed by atoms with E-state index in [-0.39, 0.29) is 0 Å². The SMILES string of the molecule is C#CCN(CC)CCCC(CC)CCN. The van der Waals surface area contributed by atoms with Gasteiger partial charge < -0.3 is 5.73 Å². The van der Waals surface area contributed by atoms with Crippen LogP contribution in [0.15, 0.2) is 0 Å². The average molecular weight is 210 g/mol. The van der Waals surface area contributed by atoms with E-state index < -0.39 is 0 Å². The molecular weight excluding hydrogens is 184 g/mol. The summed E-state index contributed by atoms with van der Waals surface area (Å²) in [5.41, 5.74) is 5.57. The maximum Gasteiger partial charge on any atom is 0.0598 e. The zero-order valence-corrected chi connectivity index (χ0v) is 10.3. The zero-order valence-electron chi connectivity index (χ0n) is 10.3. The Morgan fingerprint density at radius 3 is 2.53 bits per heavy atom. The fourth-order valence-electron chi connectivity index (χ4n) is 1.87. The van der Waals surface area contributed by atoms with Crippen molar-refractivity contribution in [3.8, 4) is 12.3 Å². The van der Waals surface area contributed by atoms with Crippen LogP contribution in [0.1, 0.15) is 39.5 Å². The molecule has 2 nitrogen and oxygen atoms in total. The minimum atomic E-state index is 0.782. The molecule has 0 saturated carbocycles. The second-order valence-corrected chi connectivity index (χ2v) is 4.07. The number of nitrogens with zero attached hydrogens (tertiary/aromatic N) is 1. The highest BCUT2D eigenvalue weighted by atomic mass is 15.1. The summed E-state index contributed by atoms with van der Waals surface area (Å²) in [5.74, 6) is 3.51. The Kier molecular flexibility index (Phi) is 9.67. The molecule has 0 aromatic carbocycles. The molecule has 1 unspecified atom stereocenters. The molecule has 0 aromatic rings. The van der Waals surface area contributed by atoms with Gasteiger partial charge >= 0.3 is 0 Å². The van der Waals surface area contributed by atoms with Crippen molar-refractivity contribution in [2.45, 2.75) is 39.5 Å². The Morgan fingerprint density at radius 1 is 1.33 bits per heavy atom. The van der Waals surface area contributed by atoms with Gasteiger partial charge in [-0.25, -0.2) is 0 Å². The zero-order chi connectivity index (χ0) is 11.5. The van der Waals surface area contributed by atoms with Crippen molar-refractivity contribution in [2.75, 3.05) is 26.2 Å². The quantitative estimate of drug-likeness (QED) is 0.591. The largest absolute Gasteiger partial charge is 0.330 e. The van der Waals surface area contributed by atoms with Crippen LogP contribution in [0.5, 0.6) is 0 Å². The normalized spacial score (nSPS) is 12.7. The average Bonchev–Trinajstić information content (AvgIpc) is 2.26. The van der Waals surface area contributed by atoms with E-state index in [0.717, 1.165) is 38.5 Å². The molecule has 2 heteroatoms. The molecule has 0 rings (SSSR count). The van der Waals surface area contributed by atoms with Crippen molar-refractivity contribution >= 4 is 0 Å². The minimum Gasteiger partial charge on any atom is -0.330 e. The fourth-order valence-corrected chi connectivity index (χ4v) is 1.87. The highest BCUT2D eigenvalue weighted by Crippen LogP contribution is 2.14. The smallest absolute Gasteiger partial charge is 0.0598 e. The minimum absolute atomic E-state index is 0.782. The molecule has 0 aliphatic carbocycles. The van der Waals surface area contributed by atoms with Crippen molar-refractivity contribution < 1.29 is 0 Å². The van der Waals surface area contributed by atoms with E-state index in [9.17, 15) is 0 Å². The van der Waals surface area contributed by atoms with Gasteiger partial charge in [-0.05, 0) is 44.8 Å². The van der Waals surface area contributed by atoms with E-state index in [1.165, 1.54) is 19.3 Å². The molecule has 0 aliphatic rings. The van der Waals surface area contributed by atoms with Crippen LogP contribution in [0, 0.1) is 18.3 Å². The number of hydrogen-bond acceptors (Lipinski definition) is 2. The fraction of sp³-hybridized carbons (Fsp3) is 0.846. The van der Waals surface area contributed by atoms with Crippen LogP contribution in [-0.2, 0) is 0 Å². The molecule has 0 fully saturated rings. The molecule has 0 saturated heterocycles. The van der Waals surface area contributed by atoms with Gasteiger partial charge in [0.2, 0.25) is 0 Å². The van der Waals surface area contributed by atoms with E-state index in [2.05, 4.69) is 24.7 Å². The van der Waals surface area contributed by atoms with Crippen LogP contribution in [-0.4, -0.2) is 31.1 Å². The summed E-state index contributed by atoms with van der Waals surface area (Å²) in [4.78, 5) is 2.31. The summed E-state index contributed by atoms with van der Waals surface area (Å²) in [6.07, 6.45) is 10.2. The van der Waals surface area contributed by atoms with Crippen molar-refractivity contribution in [1.82, 2.24) is 4.90 Å². The predicted molar refractivity (Wildman–Crippen MR) is 67.6 cm³/mol. The van der Waals surface area contributed by atoms with E-state index in [0.29, 0.717) is 0 Å². The third kappa shape index (κ3) is 7.41. The van der Waals surface area contributed by atoms with Gasteiger partial charge in [0.1, 0.15) is 0 Å². The summed E-state index contributed by atoms with van der Waals surface area (Å²) in [7, 11) is 0. The van der Waals surface area contributed by atoms with Gasteiger partial charge in [0.25, 0.3) is 0 Å². The van der Waals surface area contributed by atoms with E-state index in [1.54, 1.807) is 0 Å². The van der Waals surface area contributed by atoms with Crippen molar-refractivity contribution in [3.63, 3.8) is 0 Å². The summed E-state index contributed by atoms with van der Waals surface area (Å²) >= 11 is 0. The summed E-state index contributed by atoms with van der Waals surface area (Å²) < 4.78 is 0. The van der Waals surface area contributed by atoms with Crippen LogP contribution < -0.4 is 5.73 Å². The standard InChI is InChI=1S/C13H26N2/c1-4-11-15(6-3)12-7-8-13(5-2)9-10-14/h1,13H,5-12,14H2,2-3H3. The van der Waals surface area contributed by atoms with E-state index in [1.807, 2.05) is 0 Å². The molecule has 15 heavy (non-hydrogen) atoms. The molecule has 0 bridgehead atoms. The van der Waals surface area contributed by atoms with Crippen molar-refractivity contribution in [1.29, 1.82) is 0 Å². The lowest BCUT2D eigenvalue weighted by molar-refractivity contribution is 0.298. The first-order chi connectivity index (χ1) is 7.28. The van der Waals surface area contributed by atoms with Gasteiger partial charge in [-0.15, -0.1) is 6.42 Å². The maximum absolute atomic E-state index is 5.57. The predicted octanol–water partition coefficient (Wildman–Crippen LogP) is 2.10. The highest BCUT2D eigenvalue weighted by Gasteiger charge is 2.06. The molecule has 0 aliphatic heterocycles. The van der Waals surface area contributed by atoms with Gasteiger partial charge in [0, 0.05) is 0 Å². The first kappa shape index (κ1) is 14.5. The summed E-state index contributed by atoms with van der Waals surface area (Å²) in [6.45, 7) is 8.19. The first-order valence-electron chi connectivity index (χ1n) is 6.14. The van der Waals surface area contributed by atoms with Gasteiger partial charge in [0.15, 0.2) is 0 Å². The van der Waals surface area contributed by atoms with Crippen LogP contribution in [0.3, 0.4) is 0 Å². The van der Waals surface area contributed by atoms with Gasteiger partial charge in [-0.2, -0.15) is 0 Å². The Balaban J connectivity index is 3.61. The van der Waals surface area contributed by atoms with Gasteiger partial charge in [0.05, 0.1) is 6.54 Å². The molecule has 0 radical (unpaired) electrons. The number of nitrogens with two attached hydrogens (primary N) is 1. The lowest BCUT2D eigenvalue weighted by Gasteiger charge is -2.19. The van der Waals surface area contributed by atoms with Crippen LogP contribution in [0.4, 0.5) is 0 Å². The van der Waals surface area contributed by atoms with Crippen molar-refractivity contribution in [3.05, 3.63) is 0 Å². The van der Waals surface area contributed by atoms with E-state index >= 15 is 0 Å². The first-order valence-corrected chi connectivity index (χ1v) is 6.14. The highest BCUT2D eigenvalue weighted by molar-refractivity contribution is 4.87. The topological polar surface area (TPSA) is 29.3 Å². The monoisotopic (exact) mass is 210 g/mol. The summed E-state index contributed by atoms with van der Waals surface area (Å²) in [6, 6.07) is 0. The molecule has 0 amide bonds. The molecule has 0 heterocycles. The number of rotatable bonds is 9. The lowest BCUT2D eigenvalue weighted by Crippen LogP contribution is -2.25. The number of hydrogen-bond donors (Lipinski definition) is 1. The molecule has 88 valence electrons. The third-order valence-electron chi connectivity index (χ3n) is 3.00. The van der Waals surface area contributed by atoms with E-state index in [4.69, 9.17) is 12.2 Å². The molecule has 0 spiro atoms. The van der Waals surface area contributed by atoms with Gasteiger partial charge in [-0.1, -0.05) is 26.2 Å². The maximum atomic E-state index is 5.57. The van der Waals surface area contributed by atoms with Crippen LogP contribution in [0.25, 0.3) is 0 Å². The third-order valence-corrected chi connectivity index (χ3v) is 3.00. The van der Waals surface area contributed by atoms with Gasteiger partial charge in [-0.3, -0.25) is 4.90 Å². The molecule has 2 N–H and O–H groups in total. The summed E-state index contributed by atoms with van der Waals surface area (Å²) in [5, 5.41) is 0. The molecule has 1 atom stereocenters. The Bertz CT molecular complexity index is 172. The Hall–Kier alpha value is -0.520. The second kappa shape index (κ2) is 10.0. The lowest BCUT2D eigenvalue weighted by atomic mass is 9.96. The molecular formula is C13H26N2.